The van der Waals surface area contributed by atoms with Crippen LogP contribution in [-0.4, -0.2) is 22.6 Å². The number of carboxylic acid groups (broad SMARTS) is 1. The van der Waals surface area contributed by atoms with Gasteiger partial charge in [-0.2, -0.15) is 0 Å². The van der Waals surface area contributed by atoms with Crippen LogP contribution >= 0.6 is 0 Å². The van der Waals surface area contributed by atoms with E-state index in [1.54, 1.807) is 6.92 Å². The van der Waals surface area contributed by atoms with E-state index in [0.717, 1.165) is 50.4 Å². The first-order valence-electron chi connectivity index (χ1n) is 10.5. The van der Waals surface area contributed by atoms with Gasteiger partial charge in [-0.15, -0.1) is 0 Å². The Balaban J connectivity index is 0.000000481. The highest BCUT2D eigenvalue weighted by molar-refractivity contribution is 5.91. The molecule has 0 amide bonds. The lowest BCUT2D eigenvalue weighted by Gasteiger charge is -2.58. The van der Waals surface area contributed by atoms with Crippen LogP contribution in [0.25, 0.3) is 0 Å². The molecule has 0 heterocycles. The second-order valence-corrected chi connectivity index (χ2v) is 9.77. The van der Waals surface area contributed by atoms with Gasteiger partial charge in [-0.05, 0) is 86.5 Å². The van der Waals surface area contributed by atoms with Gasteiger partial charge in [0.05, 0.1) is 0 Å². The molecule has 0 aliphatic heterocycles. The molecule has 4 heteroatoms. The minimum absolute atomic E-state index is 0.245. The molecule has 0 aromatic carbocycles. The van der Waals surface area contributed by atoms with Gasteiger partial charge in [0.15, 0.2) is 5.78 Å². The number of aliphatic carboxylic acids is 1. The zero-order chi connectivity index (χ0) is 20.0. The molecule has 150 valence electrons. The molecule has 4 aliphatic carbocycles. The minimum Gasteiger partial charge on any atom is -0.481 e. The summed E-state index contributed by atoms with van der Waals surface area (Å²) in [5.41, 5.74) is 1.95. The molecule has 0 aromatic rings. The monoisotopic (exact) mass is 374 g/mol. The smallest absolute Gasteiger partial charge is 0.300 e. The van der Waals surface area contributed by atoms with Crippen molar-refractivity contribution in [1.82, 2.24) is 0 Å². The quantitative estimate of drug-likeness (QED) is 0.714. The molecular formula is C23H34O4. The number of hydrogen-bond donors (Lipinski definition) is 1. The maximum atomic E-state index is 12.1. The molecule has 0 saturated heterocycles. The average molecular weight is 375 g/mol. The van der Waals surface area contributed by atoms with Crippen molar-refractivity contribution in [2.24, 2.45) is 34.5 Å². The third-order valence-corrected chi connectivity index (χ3v) is 8.45. The summed E-state index contributed by atoms with van der Waals surface area (Å²) in [5.74, 6) is 2.46. The van der Waals surface area contributed by atoms with Gasteiger partial charge in [0.2, 0.25) is 0 Å². The zero-order valence-electron chi connectivity index (χ0n) is 17.2. The van der Waals surface area contributed by atoms with Gasteiger partial charge >= 0.3 is 0 Å². The van der Waals surface area contributed by atoms with Gasteiger partial charge in [0.1, 0.15) is 5.78 Å². The standard InChI is InChI=1S/C21H30O2.C2H4O2/c1-13(22)17-6-7-18-16-5-4-14-12-15(23)8-10-20(14,2)19(16)9-11-21(17,18)3;1-2(3)4/h12,16-19H,4-11H2,1-3H3;1H3,(H,3,4)/t16-,17+,18?,19?,20-,21+;/m0./s1. The van der Waals surface area contributed by atoms with Gasteiger partial charge in [-0.1, -0.05) is 19.4 Å². The summed E-state index contributed by atoms with van der Waals surface area (Å²) in [6.07, 6.45) is 10.9. The first kappa shape index (κ1) is 20.3. The zero-order valence-corrected chi connectivity index (χ0v) is 17.2. The van der Waals surface area contributed by atoms with E-state index in [9.17, 15) is 9.59 Å². The van der Waals surface area contributed by atoms with E-state index < -0.39 is 5.97 Å². The van der Waals surface area contributed by atoms with Crippen LogP contribution in [0.1, 0.15) is 79.1 Å². The van der Waals surface area contributed by atoms with Crippen molar-refractivity contribution in [1.29, 1.82) is 0 Å². The number of carbonyl (C=O) groups excluding carboxylic acids is 2. The molecule has 6 atom stereocenters. The highest BCUT2D eigenvalue weighted by atomic mass is 16.4. The number of allylic oxidation sites excluding steroid dienone is 1. The number of Topliss-reactive ketones (excluding diaryl/α,β-unsaturated/α-hetero) is 1. The number of carboxylic acids is 1. The van der Waals surface area contributed by atoms with Gasteiger partial charge in [-0.25, -0.2) is 0 Å². The van der Waals surface area contributed by atoms with E-state index >= 15 is 0 Å². The minimum atomic E-state index is -0.833. The molecule has 1 N–H and O–H groups in total. The van der Waals surface area contributed by atoms with Crippen molar-refractivity contribution < 1.29 is 19.5 Å². The molecule has 4 aliphatic rings. The number of ketones is 2. The van der Waals surface area contributed by atoms with Crippen molar-refractivity contribution in [3.63, 3.8) is 0 Å². The van der Waals surface area contributed by atoms with Gasteiger partial charge < -0.3 is 5.11 Å². The number of rotatable bonds is 1. The molecule has 4 rings (SSSR count). The molecule has 0 aromatic heterocycles. The van der Waals surface area contributed by atoms with Crippen molar-refractivity contribution in [2.75, 3.05) is 0 Å². The van der Waals surface area contributed by atoms with Crippen LogP contribution in [-0.2, 0) is 14.4 Å². The van der Waals surface area contributed by atoms with Crippen LogP contribution in [0.3, 0.4) is 0 Å². The van der Waals surface area contributed by atoms with Crippen molar-refractivity contribution >= 4 is 17.5 Å². The van der Waals surface area contributed by atoms with Crippen molar-refractivity contribution in [3.8, 4) is 0 Å². The molecular weight excluding hydrogens is 340 g/mol. The summed E-state index contributed by atoms with van der Waals surface area (Å²) < 4.78 is 0. The molecule has 0 bridgehead atoms. The van der Waals surface area contributed by atoms with Crippen LogP contribution < -0.4 is 0 Å². The fraction of sp³-hybridized carbons (Fsp3) is 0.783. The first-order valence-corrected chi connectivity index (χ1v) is 10.5. The lowest BCUT2D eigenvalue weighted by atomic mass is 9.47. The summed E-state index contributed by atoms with van der Waals surface area (Å²) in [6, 6.07) is 0. The summed E-state index contributed by atoms with van der Waals surface area (Å²) in [4.78, 5) is 33.0. The average Bonchev–Trinajstić information content (AvgIpc) is 2.92. The van der Waals surface area contributed by atoms with Crippen LogP contribution in [0.2, 0.25) is 0 Å². The van der Waals surface area contributed by atoms with E-state index in [4.69, 9.17) is 9.90 Å². The van der Waals surface area contributed by atoms with Crippen LogP contribution in [0.4, 0.5) is 0 Å². The predicted octanol–water partition coefficient (Wildman–Crippen LogP) is 4.81. The summed E-state index contributed by atoms with van der Waals surface area (Å²) >= 11 is 0. The SMILES string of the molecule is CC(=O)O.CC(=O)[C@H]1CCC2[C@@H]3CCC4=CC(=O)CC[C@]4(C)C3CC[C@@]21C. The lowest BCUT2D eigenvalue weighted by Crippen LogP contribution is -2.51. The molecule has 4 nitrogen and oxygen atoms in total. The maximum Gasteiger partial charge on any atom is 0.300 e. The van der Waals surface area contributed by atoms with Crippen molar-refractivity contribution in [3.05, 3.63) is 11.6 Å². The molecule has 0 radical (unpaired) electrons. The van der Waals surface area contributed by atoms with E-state index in [1.807, 2.05) is 6.08 Å². The van der Waals surface area contributed by atoms with E-state index in [0.29, 0.717) is 17.5 Å². The Bertz CT molecular complexity index is 674. The van der Waals surface area contributed by atoms with Crippen LogP contribution in [0.5, 0.6) is 0 Å². The molecule has 3 saturated carbocycles. The second-order valence-electron chi connectivity index (χ2n) is 9.77. The lowest BCUT2D eigenvalue weighted by molar-refractivity contribution is -0.134. The molecule has 0 spiro atoms. The van der Waals surface area contributed by atoms with Gasteiger partial charge in [-0.3, -0.25) is 14.4 Å². The van der Waals surface area contributed by atoms with Crippen LogP contribution in [0.15, 0.2) is 11.6 Å². The highest BCUT2D eigenvalue weighted by Crippen LogP contribution is 2.66. The van der Waals surface area contributed by atoms with E-state index in [2.05, 4.69) is 13.8 Å². The number of hydrogen-bond acceptors (Lipinski definition) is 3. The topological polar surface area (TPSA) is 71.4 Å². The first-order chi connectivity index (χ1) is 12.6. The molecule has 2 unspecified atom stereocenters. The number of carbonyl (C=O) groups is 3. The van der Waals surface area contributed by atoms with Gasteiger partial charge in [0.25, 0.3) is 5.97 Å². The van der Waals surface area contributed by atoms with E-state index in [1.165, 1.54) is 31.3 Å². The highest BCUT2D eigenvalue weighted by Gasteiger charge is 2.59. The molecule has 27 heavy (non-hydrogen) atoms. The van der Waals surface area contributed by atoms with Crippen LogP contribution in [0, 0.1) is 34.5 Å². The second kappa shape index (κ2) is 7.18. The Morgan fingerprint density at radius 3 is 2.30 bits per heavy atom. The Labute approximate surface area is 162 Å². The third-order valence-electron chi connectivity index (χ3n) is 8.45. The van der Waals surface area contributed by atoms with Crippen molar-refractivity contribution in [2.45, 2.75) is 79.1 Å². The maximum absolute atomic E-state index is 12.1. The largest absolute Gasteiger partial charge is 0.481 e. The Hall–Kier alpha value is -1.45. The van der Waals surface area contributed by atoms with E-state index in [-0.39, 0.29) is 10.8 Å². The predicted molar refractivity (Wildman–Crippen MR) is 104 cm³/mol. The fourth-order valence-electron chi connectivity index (χ4n) is 7.23. The molecule has 3 fully saturated rings. The summed E-state index contributed by atoms with van der Waals surface area (Å²) in [6.45, 7) is 7.73. The van der Waals surface area contributed by atoms with Gasteiger partial charge in [0, 0.05) is 19.3 Å². The summed E-state index contributed by atoms with van der Waals surface area (Å²) in [5, 5.41) is 7.42. The normalized spacial score (nSPS) is 42.7. The number of fused-ring (bicyclic) bond motifs is 5. The third kappa shape index (κ3) is 3.40. The fourth-order valence-corrected chi connectivity index (χ4v) is 7.23. The summed E-state index contributed by atoms with van der Waals surface area (Å²) in [7, 11) is 0. The Morgan fingerprint density at radius 1 is 1.00 bits per heavy atom. The Morgan fingerprint density at radius 2 is 1.67 bits per heavy atom. The Kier molecular flexibility index (Phi) is 5.39.